The lowest BCUT2D eigenvalue weighted by Crippen LogP contribution is -2.22. The van der Waals surface area contributed by atoms with Crippen molar-refractivity contribution in [2.75, 3.05) is 17.2 Å². The topological polar surface area (TPSA) is 126 Å². The van der Waals surface area contributed by atoms with E-state index in [2.05, 4.69) is 25.6 Å². The third-order valence-electron chi connectivity index (χ3n) is 5.35. The molecule has 0 spiro atoms. The van der Waals surface area contributed by atoms with E-state index >= 15 is 0 Å². The molecule has 34 heavy (non-hydrogen) atoms. The summed E-state index contributed by atoms with van der Waals surface area (Å²) in [7, 11) is 0. The molecule has 1 aromatic carbocycles. The normalized spacial score (nSPS) is 13.6. The zero-order valence-corrected chi connectivity index (χ0v) is 20.3. The van der Waals surface area contributed by atoms with Crippen molar-refractivity contribution in [2.45, 2.75) is 48.4 Å². The molecule has 3 N–H and O–H groups in total. The molecule has 178 valence electrons. The maximum absolute atomic E-state index is 13.2. The Bertz CT molecular complexity index is 1160. The molecule has 0 aliphatic heterocycles. The number of benzene rings is 1. The number of H-pyrrole nitrogens is 1. The van der Waals surface area contributed by atoms with E-state index in [4.69, 9.17) is 4.74 Å². The second-order valence-electron chi connectivity index (χ2n) is 7.77. The van der Waals surface area contributed by atoms with Gasteiger partial charge in [0.2, 0.25) is 0 Å². The smallest absolute Gasteiger partial charge is 0.325 e. The first-order chi connectivity index (χ1) is 16.5. The predicted octanol–water partition coefficient (Wildman–Crippen LogP) is 5.14. The lowest BCUT2D eigenvalue weighted by Gasteiger charge is -2.15. The van der Waals surface area contributed by atoms with E-state index in [1.807, 2.05) is 0 Å². The summed E-state index contributed by atoms with van der Waals surface area (Å²) in [6.45, 7) is 2.05. The number of thiazole rings is 1. The van der Waals surface area contributed by atoms with E-state index in [9.17, 15) is 14.4 Å². The lowest BCUT2D eigenvalue weighted by atomic mass is 9.93. The minimum absolute atomic E-state index is 0.00936. The van der Waals surface area contributed by atoms with E-state index in [1.165, 1.54) is 23.1 Å². The fourth-order valence-electron chi connectivity index (χ4n) is 3.82. The molecule has 3 aromatic rings. The van der Waals surface area contributed by atoms with Crippen molar-refractivity contribution in [3.8, 4) is 0 Å². The van der Waals surface area contributed by atoms with E-state index in [-0.39, 0.29) is 24.1 Å². The van der Waals surface area contributed by atoms with Gasteiger partial charge >= 0.3 is 12.0 Å². The summed E-state index contributed by atoms with van der Waals surface area (Å²) in [5.41, 5.74) is 1.49. The maximum atomic E-state index is 13.2. The zero-order valence-electron chi connectivity index (χ0n) is 18.6. The number of Topliss-reactive ketones (excluding diaryl/α,β-unsaturated/α-hetero) is 1. The Morgan fingerprint density at radius 3 is 2.76 bits per heavy atom. The van der Waals surface area contributed by atoms with Crippen molar-refractivity contribution in [1.29, 1.82) is 0 Å². The molecule has 2 amide bonds. The number of hydrogen-bond donors (Lipinski definition) is 3. The van der Waals surface area contributed by atoms with E-state index in [0.29, 0.717) is 28.6 Å². The van der Waals surface area contributed by atoms with E-state index in [0.717, 1.165) is 35.0 Å². The number of ether oxygens (including phenoxy) is 1. The summed E-state index contributed by atoms with van der Waals surface area (Å²) >= 11 is 2.73. The molecule has 1 aliphatic rings. The van der Waals surface area contributed by atoms with Gasteiger partial charge in [-0.3, -0.25) is 14.9 Å². The van der Waals surface area contributed by atoms with Crippen LogP contribution in [-0.4, -0.2) is 39.3 Å². The van der Waals surface area contributed by atoms with Crippen LogP contribution in [0.5, 0.6) is 0 Å². The van der Waals surface area contributed by atoms with Gasteiger partial charge in [0.05, 0.1) is 29.1 Å². The average Bonchev–Trinajstić information content (AvgIpc) is 3.58. The highest BCUT2D eigenvalue weighted by Crippen LogP contribution is 2.33. The Morgan fingerprint density at radius 2 is 2.03 bits per heavy atom. The average molecular weight is 500 g/mol. The molecular weight excluding hydrogens is 474 g/mol. The molecule has 0 saturated heterocycles. The van der Waals surface area contributed by atoms with Crippen molar-refractivity contribution in [3.63, 3.8) is 0 Å². The highest BCUT2D eigenvalue weighted by molar-refractivity contribution is 8.01. The summed E-state index contributed by atoms with van der Waals surface area (Å²) in [5.74, 6) is -0.432. The second-order valence-corrected chi connectivity index (χ2v) is 10.1. The first-order valence-electron chi connectivity index (χ1n) is 11.1. The fourth-order valence-corrected chi connectivity index (χ4v) is 5.54. The second kappa shape index (κ2) is 11.3. The van der Waals surface area contributed by atoms with Crippen LogP contribution >= 0.6 is 23.1 Å². The molecule has 0 bridgehead atoms. The van der Waals surface area contributed by atoms with Gasteiger partial charge in [0, 0.05) is 23.9 Å². The standard InChI is InChI=1S/C23H25N5O4S2/c1-2-32-18(29)12-14-7-8-17(16(11-14)20(30)15-5-3-4-6-15)27-21(31)28-23-26-13-19(34-23)33-22-24-9-10-25-22/h7-11,13,15H,2-6,12H2,1H3,(H,24,25)(H2,26,27,28,31). The number of aromatic amines is 1. The Morgan fingerprint density at radius 1 is 1.21 bits per heavy atom. The van der Waals surface area contributed by atoms with E-state index in [1.54, 1.807) is 43.7 Å². The van der Waals surface area contributed by atoms with Crippen LogP contribution in [0.1, 0.15) is 48.5 Å². The van der Waals surface area contributed by atoms with Gasteiger partial charge in [-0.2, -0.15) is 0 Å². The first-order valence-corrected chi connectivity index (χ1v) is 12.7. The largest absolute Gasteiger partial charge is 0.466 e. The monoisotopic (exact) mass is 499 g/mol. The number of carbonyl (C=O) groups excluding carboxylic acids is 3. The molecule has 11 heteroatoms. The number of nitrogens with one attached hydrogen (secondary N) is 3. The molecule has 9 nitrogen and oxygen atoms in total. The molecule has 1 saturated carbocycles. The molecule has 2 aromatic heterocycles. The Labute approximate surface area is 205 Å². The van der Waals surface area contributed by atoms with Crippen molar-refractivity contribution >= 4 is 51.7 Å². The van der Waals surface area contributed by atoms with Gasteiger partial charge in [-0.15, -0.1) is 0 Å². The Balaban J connectivity index is 1.47. The molecule has 2 heterocycles. The number of esters is 1. The number of imidazole rings is 1. The number of carbonyl (C=O) groups is 3. The van der Waals surface area contributed by atoms with Crippen LogP contribution in [0, 0.1) is 5.92 Å². The number of rotatable bonds is 9. The molecule has 1 fully saturated rings. The van der Waals surface area contributed by atoms with Gasteiger partial charge in [0.1, 0.15) is 0 Å². The summed E-state index contributed by atoms with van der Waals surface area (Å²) in [6.07, 6.45) is 8.84. The van der Waals surface area contributed by atoms with Gasteiger partial charge in [0.25, 0.3) is 0 Å². The van der Waals surface area contributed by atoms with Crippen LogP contribution < -0.4 is 10.6 Å². The highest BCUT2D eigenvalue weighted by atomic mass is 32.2. The summed E-state index contributed by atoms with van der Waals surface area (Å²) < 4.78 is 5.89. The van der Waals surface area contributed by atoms with Gasteiger partial charge in [0.15, 0.2) is 16.1 Å². The molecule has 0 atom stereocenters. The lowest BCUT2D eigenvalue weighted by molar-refractivity contribution is -0.142. The molecule has 4 rings (SSSR count). The van der Waals surface area contributed by atoms with Crippen molar-refractivity contribution < 1.29 is 19.1 Å². The van der Waals surface area contributed by atoms with Gasteiger partial charge < -0.3 is 15.0 Å². The third-order valence-corrected chi connectivity index (χ3v) is 7.28. The minimum Gasteiger partial charge on any atom is -0.466 e. The van der Waals surface area contributed by atoms with Crippen LogP contribution in [-0.2, 0) is 16.0 Å². The van der Waals surface area contributed by atoms with Crippen LogP contribution in [0.2, 0.25) is 0 Å². The van der Waals surface area contributed by atoms with E-state index < -0.39 is 6.03 Å². The third kappa shape index (κ3) is 6.23. The molecule has 1 aliphatic carbocycles. The van der Waals surface area contributed by atoms with Crippen LogP contribution in [0.3, 0.4) is 0 Å². The fraction of sp³-hybridized carbons (Fsp3) is 0.348. The van der Waals surface area contributed by atoms with Gasteiger partial charge in [-0.25, -0.2) is 14.8 Å². The maximum Gasteiger partial charge on any atom is 0.325 e. The number of hydrogen-bond acceptors (Lipinski definition) is 8. The number of ketones is 1. The van der Waals surface area contributed by atoms with Crippen molar-refractivity contribution in [1.82, 2.24) is 15.0 Å². The summed E-state index contributed by atoms with van der Waals surface area (Å²) in [4.78, 5) is 49.2. The number of urea groups is 1. The minimum atomic E-state index is -0.498. The predicted molar refractivity (Wildman–Crippen MR) is 131 cm³/mol. The van der Waals surface area contributed by atoms with Crippen LogP contribution in [0.4, 0.5) is 15.6 Å². The number of anilines is 2. The molecule has 0 radical (unpaired) electrons. The molecular formula is C23H25N5O4S2. The first kappa shape index (κ1) is 24.0. The highest BCUT2D eigenvalue weighted by Gasteiger charge is 2.26. The van der Waals surface area contributed by atoms with Crippen LogP contribution in [0.15, 0.2) is 46.2 Å². The Hall–Kier alpha value is -3.18. The molecule has 0 unspecified atom stereocenters. The number of amides is 2. The Kier molecular flexibility index (Phi) is 7.96. The van der Waals surface area contributed by atoms with Crippen LogP contribution in [0.25, 0.3) is 0 Å². The summed E-state index contributed by atoms with van der Waals surface area (Å²) in [6, 6.07) is 4.58. The zero-order chi connectivity index (χ0) is 23.9. The SMILES string of the molecule is CCOC(=O)Cc1ccc(NC(=O)Nc2ncc(Sc3ncc[nH]3)s2)c(C(=O)C2CCCC2)c1. The van der Waals surface area contributed by atoms with Crippen molar-refractivity contribution in [3.05, 3.63) is 47.9 Å². The van der Waals surface area contributed by atoms with Crippen molar-refractivity contribution in [2.24, 2.45) is 5.92 Å². The summed E-state index contributed by atoms with van der Waals surface area (Å²) in [5, 5.41) is 6.65. The number of nitrogens with zero attached hydrogens (tertiary/aromatic N) is 2. The van der Waals surface area contributed by atoms with Gasteiger partial charge in [-0.1, -0.05) is 30.2 Å². The van der Waals surface area contributed by atoms with Gasteiger partial charge in [-0.05, 0) is 49.2 Å². The number of aromatic nitrogens is 3. The quantitative estimate of drug-likeness (QED) is 0.275.